The van der Waals surface area contributed by atoms with Crippen LogP contribution in [0.15, 0.2) is 6.20 Å². The van der Waals surface area contributed by atoms with Crippen LogP contribution in [-0.2, 0) is 4.79 Å². The van der Waals surface area contributed by atoms with Crippen LogP contribution >= 0.6 is 0 Å². The van der Waals surface area contributed by atoms with Crippen LogP contribution in [0.4, 0.5) is 5.82 Å². The van der Waals surface area contributed by atoms with Crippen LogP contribution in [-0.4, -0.2) is 22.3 Å². The van der Waals surface area contributed by atoms with Gasteiger partial charge in [0.25, 0.3) is 5.91 Å². The monoisotopic (exact) mass is 154 g/mol. The van der Waals surface area contributed by atoms with Crippen LogP contribution < -0.4 is 11.1 Å². The van der Waals surface area contributed by atoms with Crippen molar-refractivity contribution in [1.82, 2.24) is 15.3 Å². The molecule has 1 aromatic heterocycles. The maximum Gasteiger partial charge on any atom is 0.293 e. The molecule has 6 heteroatoms. The Labute approximate surface area is 61.8 Å². The molecule has 0 fully saturated rings. The number of amides is 2. The van der Waals surface area contributed by atoms with Crippen LogP contribution in [0.25, 0.3) is 0 Å². The molecule has 58 valence electrons. The van der Waals surface area contributed by atoms with Crippen molar-refractivity contribution in [2.45, 2.75) is 0 Å². The zero-order valence-corrected chi connectivity index (χ0v) is 5.50. The molecule has 0 aliphatic rings. The number of aromatic amines is 1. The molecule has 1 heterocycles. The maximum atomic E-state index is 10.8. The molecule has 0 aromatic carbocycles. The predicted octanol–water partition coefficient (Wildman–Crippen LogP) is -1.12. The molecule has 0 spiro atoms. The normalized spacial score (nSPS) is 9.09. The minimum atomic E-state index is -0.600. The number of imidazole rings is 1. The second kappa shape index (κ2) is 2.82. The van der Waals surface area contributed by atoms with Gasteiger partial charge in [-0.1, -0.05) is 0 Å². The van der Waals surface area contributed by atoms with Crippen LogP contribution in [0.5, 0.6) is 0 Å². The zero-order chi connectivity index (χ0) is 8.27. The van der Waals surface area contributed by atoms with Gasteiger partial charge in [0.2, 0.25) is 6.41 Å². The number of rotatable bonds is 2. The van der Waals surface area contributed by atoms with E-state index in [4.69, 9.17) is 5.73 Å². The van der Waals surface area contributed by atoms with Crippen molar-refractivity contribution in [2.24, 2.45) is 0 Å². The number of carbonyl (C=O) groups excluding carboxylic acids is 2. The van der Waals surface area contributed by atoms with E-state index in [0.717, 1.165) is 0 Å². The highest BCUT2D eigenvalue weighted by molar-refractivity contribution is 5.97. The summed E-state index contributed by atoms with van der Waals surface area (Å²) in [6.45, 7) is 0. The molecule has 1 aromatic rings. The van der Waals surface area contributed by atoms with Gasteiger partial charge in [0.05, 0.1) is 6.20 Å². The number of hydrogen-bond donors (Lipinski definition) is 3. The van der Waals surface area contributed by atoms with Crippen molar-refractivity contribution in [3.8, 4) is 0 Å². The average molecular weight is 154 g/mol. The summed E-state index contributed by atoms with van der Waals surface area (Å²) in [4.78, 5) is 26.6. The Morgan fingerprint density at radius 3 is 3.00 bits per heavy atom. The molecule has 11 heavy (non-hydrogen) atoms. The van der Waals surface area contributed by atoms with Crippen molar-refractivity contribution in [3.63, 3.8) is 0 Å². The van der Waals surface area contributed by atoms with E-state index in [-0.39, 0.29) is 18.1 Å². The maximum absolute atomic E-state index is 10.8. The first-order valence-electron chi connectivity index (χ1n) is 2.79. The lowest BCUT2D eigenvalue weighted by atomic mass is 10.6. The number of nitrogens with one attached hydrogen (secondary N) is 2. The number of nitrogens with two attached hydrogens (primary N) is 1. The molecule has 6 nitrogen and oxygen atoms in total. The predicted molar refractivity (Wildman–Crippen MR) is 36.5 cm³/mol. The van der Waals surface area contributed by atoms with E-state index in [1.54, 1.807) is 0 Å². The van der Waals surface area contributed by atoms with Crippen LogP contribution in [0.2, 0.25) is 0 Å². The molecule has 0 aliphatic heterocycles. The number of anilines is 1. The van der Waals surface area contributed by atoms with E-state index < -0.39 is 5.91 Å². The Morgan fingerprint density at radius 2 is 2.55 bits per heavy atom. The van der Waals surface area contributed by atoms with E-state index >= 15 is 0 Å². The number of nitrogen functional groups attached to an aromatic ring is 1. The highest BCUT2D eigenvalue weighted by Crippen LogP contribution is 1.95. The number of imide groups is 1. The molecule has 0 radical (unpaired) electrons. The second-order valence-corrected chi connectivity index (χ2v) is 1.78. The summed E-state index contributed by atoms with van der Waals surface area (Å²) < 4.78 is 0. The van der Waals surface area contributed by atoms with E-state index in [0.29, 0.717) is 0 Å². The van der Waals surface area contributed by atoms with Gasteiger partial charge in [-0.3, -0.25) is 14.9 Å². The van der Waals surface area contributed by atoms with Gasteiger partial charge >= 0.3 is 0 Å². The first-order valence-corrected chi connectivity index (χ1v) is 2.79. The second-order valence-electron chi connectivity index (χ2n) is 1.78. The topological polar surface area (TPSA) is 101 Å². The minimum absolute atomic E-state index is 0.0228. The molecular weight excluding hydrogens is 148 g/mol. The highest BCUT2D eigenvalue weighted by Gasteiger charge is 2.06. The summed E-state index contributed by atoms with van der Waals surface area (Å²) in [5, 5.41) is 1.91. The molecule has 1 rings (SSSR count). The average Bonchev–Trinajstić information content (AvgIpc) is 2.36. The summed E-state index contributed by atoms with van der Waals surface area (Å²) in [6.07, 6.45) is 1.57. The van der Waals surface area contributed by atoms with Gasteiger partial charge in [-0.15, -0.1) is 0 Å². The fourth-order valence-electron chi connectivity index (χ4n) is 0.573. The van der Waals surface area contributed by atoms with Crippen molar-refractivity contribution in [3.05, 3.63) is 12.0 Å². The Kier molecular flexibility index (Phi) is 1.86. The molecule has 4 N–H and O–H groups in total. The molecular formula is C5H6N4O2. The van der Waals surface area contributed by atoms with Crippen molar-refractivity contribution in [2.75, 3.05) is 5.73 Å². The Balaban J connectivity index is 2.76. The van der Waals surface area contributed by atoms with Crippen LogP contribution in [0.3, 0.4) is 0 Å². The van der Waals surface area contributed by atoms with Crippen LogP contribution in [0, 0.1) is 0 Å². The van der Waals surface area contributed by atoms with Crippen molar-refractivity contribution in [1.29, 1.82) is 0 Å². The zero-order valence-electron chi connectivity index (χ0n) is 5.50. The van der Waals surface area contributed by atoms with Gasteiger partial charge in [0, 0.05) is 0 Å². The third-order valence-corrected chi connectivity index (χ3v) is 1.00. The Morgan fingerprint density at radius 1 is 1.82 bits per heavy atom. The van der Waals surface area contributed by atoms with E-state index in [1.807, 2.05) is 5.32 Å². The van der Waals surface area contributed by atoms with E-state index in [9.17, 15) is 9.59 Å². The number of aromatic nitrogens is 2. The Bertz CT molecular complexity index is 280. The lowest BCUT2D eigenvalue weighted by molar-refractivity contribution is -0.108. The fourth-order valence-corrected chi connectivity index (χ4v) is 0.573. The van der Waals surface area contributed by atoms with Gasteiger partial charge in [-0.05, 0) is 0 Å². The third-order valence-electron chi connectivity index (χ3n) is 1.00. The molecule has 2 amide bonds. The van der Waals surface area contributed by atoms with Gasteiger partial charge in [0.1, 0.15) is 5.82 Å². The number of carbonyl (C=O) groups is 2. The minimum Gasteiger partial charge on any atom is -0.384 e. The van der Waals surface area contributed by atoms with Crippen molar-refractivity contribution >= 4 is 18.1 Å². The highest BCUT2D eigenvalue weighted by atomic mass is 16.2. The molecule has 0 aliphatic carbocycles. The fraction of sp³-hybridized carbons (Fsp3) is 0. The molecule has 0 bridgehead atoms. The molecule has 0 saturated heterocycles. The summed E-state index contributed by atoms with van der Waals surface area (Å²) in [5.74, 6) is -0.299. The summed E-state index contributed by atoms with van der Waals surface area (Å²) in [5.41, 5.74) is 5.23. The lowest BCUT2D eigenvalue weighted by Crippen LogP contribution is -2.22. The Hall–Kier alpha value is -1.85. The number of H-pyrrole nitrogens is 1. The standard InChI is InChI=1S/C5H6N4O2/c6-3-1-7-4(9-3)5(11)8-2-10/h1-2H,6H2,(H,7,9)(H,8,10,11). The molecule has 0 atom stereocenters. The molecule has 0 unspecified atom stereocenters. The van der Waals surface area contributed by atoms with E-state index in [2.05, 4.69) is 9.97 Å². The van der Waals surface area contributed by atoms with Gasteiger partial charge in [-0.25, -0.2) is 4.98 Å². The SMILES string of the molecule is Nc1cnc(C(=O)NC=O)[nH]1. The quantitative estimate of drug-likeness (QED) is 0.469. The van der Waals surface area contributed by atoms with Gasteiger partial charge < -0.3 is 10.7 Å². The first-order chi connectivity index (χ1) is 5.24. The van der Waals surface area contributed by atoms with Gasteiger partial charge in [-0.2, -0.15) is 0 Å². The summed E-state index contributed by atoms with van der Waals surface area (Å²) in [7, 11) is 0. The summed E-state index contributed by atoms with van der Waals surface area (Å²) in [6, 6.07) is 0. The molecule has 0 saturated carbocycles. The summed E-state index contributed by atoms with van der Waals surface area (Å²) >= 11 is 0. The van der Waals surface area contributed by atoms with Crippen molar-refractivity contribution < 1.29 is 9.59 Å². The lowest BCUT2D eigenvalue weighted by Gasteiger charge is -1.89. The van der Waals surface area contributed by atoms with E-state index in [1.165, 1.54) is 6.20 Å². The smallest absolute Gasteiger partial charge is 0.293 e. The number of hydrogen-bond acceptors (Lipinski definition) is 4. The number of nitrogens with zero attached hydrogens (tertiary/aromatic N) is 1. The van der Waals surface area contributed by atoms with Gasteiger partial charge in [0.15, 0.2) is 5.82 Å². The van der Waals surface area contributed by atoms with Crippen LogP contribution in [0.1, 0.15) is 10.6 Å². The first kappa shape index (κ1) is 7.26. The third kappa shape index (κ3) is 1.54. The largest absolute Gasteiger partial charge is 0.384 e.